The van der Waals surface area contributed by atoms with Crippen LogP contribution in [0.15, 0.2) is 15.9 Å². The number of hydrogen-bond acceptors (Lipinski definition) is 4. The highest BCUT2D eigenvalue weighted by atomic mass is 79.9. The van der Waals surface area contributed by atoms with E-state index in [0.717, 1.165) is 9.35 Å². The molecule has 3 nitrogen and oxygen atoms in total. The van der Waals surface area contributed by atoms with Gasteiger partial charge in [0.1, 0.15) is 6.10 Å². The van der Waals surface area contributed by atoms with Crippen LogP contribution in [0.3, 0.4) is 0 Å². The van der Waals surface area contributed by atoms with Crippen LogP contribution in [0.4, 0.5) is 0 Å². The summed E-state index contributed by atoms with van der Waals surface area (Å²) in [6.45, 7) is 3.97. The summed E-state index contributed by atoms with van der Waals surface area (Å²) in [5, 5.41) is 12.0. The Morgan fingerprint density at radius 2 is 2.31 bits per heavy atom. The molecule has 5 heteroatoms. The molecule has 0 aliphatic heterocycles. The molecule has 1 aromatic rings. The number of aliphatic hydroxyl groups excluding tert-OH is 1. The van der Waals surface area contributed by atoms with E-state index >= 15 is 0 Å². The molecule has 2 unspecified atom stereocenters. The van der Waals surface area contributed by atoms with Crippen molar-refractivity contribution in [3.63, 3.8) is 0 Å². The lowest BCUT2D eigenvalue weighted by molar-refractivity contribution is -0.152. The Bertz CT molecular complexity index is 351. The van der Waals surface area contributed by atoms with Crippen molar-refractivity contribution in [1.29, 1.82) is 0 Å². The van der Waals surface area contributed by atoms with Crippen LogP contribution in [-0.4, -0.2) is 17.7 Å². The average Bonchev–Trinajstić information content (AvgIpc) is 2.65. The van der Waals surface area contributed by atoms with Crippen LogP contribution in [0.2, 0.25) is 0 Å². The fourth-order valence-corrected chi connectivity index (χ4v) is 3.12. The predicted octanol–water partition coefficient (Wildman–Crippen LogP) is 3.13. The molecular formula is C11H15BrO3S. The molecule has 1 rings (SSSR count). The van der Waals surface area contributed by atoms with Crippen molar-refractivity contribution in [2.24, 2.45) is 5.92 Å². The minimum atomic E-state index is -0.793. The second-order valence-electron chi connectivity index (χ2n) is 3.34. The second-order valence-corrected chi connectivity index (χ2v) is 5.15. The summed E-state index contributed by atoms with van der Waals surface area (Å²) < 4.78 is 5.78. The Kier molecular flexibility index (Phi) is 5.44. The van der Waals surface area contributed by atoms with E-state index in [4.69, 9.17) is 4.74 Å². The molecule has 16 heavy (non-hydrogen) atoms. The van der Waals surface area contributed by atoms with Gasteiger partial charge in [-0.3, -0.25) is 4.79 Å². The van der Waals surface area contributed by atoms with Crippen LogP contribution in [0.5, 0.6) is 0 Å². The van der Waals surface area contributed by atoms with E-state index in [-0.39, 0.29) is 5.97 Å². The van der Waals surface area contributed by atoms with E-state index in [1.54, 1.807) is 6.92 Å². The van der Waals surface area contributed by atoms with Gasteiger partial charge < -0.3 is 9.84 Å². The lowest BCUT2D eigenvalue weighted by Gasteiger charge is -2.19. The molecule has 0 amide bonds. The molecule has 0 fully saturated rings. The zero-order valence-corrected chi connectivity index (χ0v) is 11.7. The van der Waals surface area contributed by atoms with Gasteiger partial charge in [-0.2, -0.15) is 0 Å². The molecule has 0 aromatic carbocycles. The van der Waals surface area contributed by atoms with E-state index in [1.165, 1.54) is 11.3 Å². The highest BCUT2D eigenvalue weighted by molar-refractivity contribution is 9.10. The molecule has 0 aliphatic carbocycles. The van der Waals surface area contributed by atoms with E-state index in [1.807, 2.05) is 18.4 Å². The molecule has 90 valence electrons. The van der Waals surface area contributed by atoms with Crippen molar-refractivity contribution < 1.29 is 14.6 Å². The third kappa shape index (κ3) is 3.06. The zero-order chi connectivity index (χ0) is 12.1. The molecule has 0 saturated carbocycles. The summed E-state index contributed by atoms with van der Waals surface area (Å²) in [6.07, 6.45) is -0.233. The van der Waals surface area contributed by atoms with Gasteiger partial charge in [-0.25, -0.2) is 0 Å². The Labute approximate surface area is 108 Å². The number of thiophene rings is 1. The third-order valence-electron chi connectivity index (χ3n) is 2.32. The molecule has 0 radical (unpaired) electrons. The highest BCUT2D eigenvalue weighted by Crippen LogP contribution is 2.34. The summed E-state index contributed by atoms with van der Waals surface area (Å²) in [5.41, 5.74) is 0. The van der Waals surface area contributed by atoms with Gasteiger partial charge in [0.25, 0.3) is 0 Å². The van der Waals surface area contributed by atoms with Gasteiger partial charge in [-0.05, 0) is 40.7 Å². The number of ether oxygens (including phenoxy) is 1. The summed E-state index contributed by atoms with van der Waals surface area (Å²) in [7, 11) is 0. The number of esters is 1. The monoisotopic (exact) mass is 306 g/mol. The number of carbonyl (C=O) groups excluding carboxylic acids is 1. The Hall–Kier alpha value is -0.390. The Morgan fingerprint density at radius 1 is 1.62 bits per heavy atom. The normalized spacial score (nSPS) is 14.5. The largest absolute Gasteiger partial charge is 0.466 e. The molecule has 0 saturated heterocycles. The van der Waals surface area contributed by atoms with Crippen LogP contribution in [0, 0.1) is 5.92 Å². The number of carbonyl (C=O) groups is 1. The Morgan fingerprint density at radius 3 is 2.75 bits per heavy atom. The van der Waals surface area contributed by atoms with Gasteiger partial charge in [0.05, 0.1) is 12.5 Å². The smallest absolute Gasteiger partial charge is 0.311 e. The molecule has 0 bridgehead atoms. The maximum Gasteiger partial charge on any atom is 0.311 e. The van der Waals surface area contributed by atoms with Gasteiger partial charge in [0, 0.05) is 9.35 Å². The highest BCUT2D eigenvalue weighted by Gasteiger charge is 2.29. The van der Waals surface area contributed by atoms with E-state index in [2.05, 4.69) is 15.9 Å². The molecule has 0 aliphatic rings. The first-order valence-electron chi connectivity index (χ1n) is 5.19. The number of halogens is 1. The minimum Gasteiger partial charge on any atom is -0.466 e. The maximum atomic E-state index is 11.6. The summed E-state index contributed by atoms with van der Waals surface area (Å²) in [4.78, 5) is 12.4. The van der Waals surface area contributed by atoms with Gasteiger partial charge in [-0.1, -0.05) is 6.92 Å². The molecule has 0 spiro atoms. The third-order valence-corrected chi connectivity index (χ3v) is 4.27. The lowest BCUT2D eigenvalue weighted by Crippen LogP contribution is -2.23. The van der Waals surface area contributed by atoms with Crippen molar-refractivity contribution in [3.05, 3.63) is 20.8 Å². The quantitative estimate of drug-likeness (QED) is 0.850. The lowest BCUT2D eigenvalue weighted by atomic mass is 9.98. The van der Waals surface area contributed by atoms with Crippen molar-refractivity contribution in [2.75, 3.05) is 6.61 Å². The molecule has 2 atom stereocenters. The maximum absolute atomic E-state index is 11.6. The first kappa shape index (κ1) is 13.7. The van der Waals surface area contributed by atoms with Gasteiger partial charge in [0.2, 0.25) is 0 Å². The van der Waals surface area contributed by atoms with Crippen LogP contribution in [0.1, 0.15) is 31.2 Å². The first-order valence-corrected chi connectivity index (χ1v) is 6.86. The summed E-state index contributed by atoms with van der Waals surface area (Å²) in [5.74, 6) is -0.826. The van der Waals surface area contributed by atoms with E-state index in [9.17, 15) is 9.90 Å². The number of rotatable bonds is 5. The Balaban J connectivity index is 2.81. The molecular weight excluding hydrogens is 292 g/mol. The van der Waals surface area contributed by atoms with Gasteiger partial charge in [0.15, 0.2) is 0 Å². The molecule has 1 N–H and O–H groups in total. The SMILES string of the molecule is CCOC(=O)C(CC)C(O)c1sccc1Br. The predicted molar refractivity (Wildman–Crippen MR) is 67.4 cm³/mol. The first-order chi connectivity index (χ1) is 7.61. The number of hydrogen-bond donors (Lipinski definition) is 1. The van der Waals surface area contributed by atoms with Crippen LogP contribution in [-0.2, 0) is 9.53 Å². The van der Waals surface area contributed by atoms with E-state index < -0.39 is 12.0 Å². The fourth-order valence-electron chi connectivity index (χ4n) is 1.47. The van der Waals surface area contributed by atoms with Crippen LogP contribution in [0.25, 0.3) is 0 Å². The average molecular weight is 307 g/mol. The summed E-state index contributed by atoms with van der Waals surface area (Å²) in [6, 6.07) is 1.86. The number of aliphatic hydroxyl groups is 1. The summed E-state index contributed by atoms with van der Waals surface area (Å²) >= 11 is 4.78. The van der Waals surface area contributed by atoms with Crippen molar-refractivity contribution >= 4 is 33.2 Å². The zero-order valence-electron chi connectivity index (χ0n) is 9.27. The van der Waals surface area contributed by atoms with E-state index in [0.29, 0.717) is 13.0 Å². The standard InChI is InChI=1S/C11H15BrO3S/c1-3-7(11(14)15-4-2)9(13)10-8(12)5-6-16-10/h5-7,9,13H,3-4H2,1-2H3. The van der Waals surface area contributed by atoms with Crippen LogP contribution >= 0.6 is 27.3 Å². The minimum absolute atomic E-state index is 0.335. The van der Waals surface area contributed by atoms with Crippen LogP contribution < -0.4 is 0 Å². The molecule has 1 aromatic heterocycles. The molecule has 1 heterocycles. The van der Waals surface area contributed by atoms with Gasteiger partial charge >= 0.3 is 5.97 Å². The van der Waals surface area contributed by atoms with Gasteiger partial charge in [-0.15, -0.1) is 11.3 Å². The van der Waals surface area contributed by atoms with Crippen molar-refractivity contribution in [2.45, 2.75) is 26.4 Å². The fraction of sp³-hybridized carbons (Fsp3) is 0.545. The second kappa shape index (κ2) is 6.37. The van der Waals surface area contributed by atoms with Crippen molar-refractivity contribution in [1.82, 2.24) is 0 Å². The van der Waals surface area contributed by atoms with Crippen molar-refractivity contribution in [3.8, 4) is 0 Å². The topological polar surface area (TPSA) is 46.5 Å².